The van der Waals surface area contributed by atoms with Gasteiger partial charge in [0.25, 0.3) is 5.91 Å². The molecule has 1 saturated carbocycles. The molecule has 3 aromatic rings. The SMILES string of the molecule is Cc1ccc(-c2sc(C)nc2C(=O)N2C3CC(C3)[C@@H](C)C2COc2ccc(F)cc2)cn1. The third-order valence-corrected chi connectivity index (χ3v) is 7.85. The Morgan fingerprint density at radius 1 is 1.19 bits per heavy atom. The van der Waals surface area contributed by atoms with Gasteiger partial charge in [0.1, 0.15) is 23.9 Å². The first-order chi connectivity index (χ1) is 15.4. The molecule has 1 aliphatic carbocycles. The minimum absolute atomic E-state index is 0.0346. The molecule has 1 amide bonds. The molecule has 7 heteroatoms. The van der Waals surface area contributed by atoms with E-state index in [1.54, 1.807) is 12.1 Å². The molecule has 3 aliphatic rings. The summed E-state index contributed by atoms with van der Waals surface area (Å²) in [5, 5.41) is 0.861. The van der Waals surface area contributed by atoms with Crippen LogP contribution in [0.5, 0.6) is 5.75 Å². The second-order valence-corrected chi connectivity index (χ2v) is 10.1. The summed E-state index contributed by atoms with van der Waals surface area (Å²) in [4.78, 5) is 25.8. The van der Waals surface area contributed by atoms with Crippen LogP contribution in [-0.2, 0) is 0 Å². The van der Waals surface area contributed by atoms with E-state index < -0.39 is 0 Å². The zero-order valence-corrected chi connectivity index (χ0v) is 19.2. The first-order valence-electron chi connectivity index (χ1n) is 11.0. The lowest BCUT2D eigenvalue weighted by Crippen LogP contribution is -2.64. The molecule has 2 saturated heterocycles. The number of carbonyl (C=O) groups excluding carboxylic acids is 1. The Kier molecular flexibility index (Phi) is 5.45. The van der Waals surface area contributed by atoms with Gasteiger partial charge < -0.3 is 9.64 Å². The van der Waals surface area contributed by atoms with Crippen LogP contribution in [0.15, 0.2) is 42.6 Å². The minimum Gasteiger partial charge on any atom is -0.491 e. The predicted octanol–water partition coefficient (Wildman–Crippen LogP) is 5.28. The first kappa shape index (κ1) is 21.1. The van der Waals surface area contributed by atoms with Crippen molar-refractivity contribution in [3.63, 3.8) is 0 Å². The number of aryl methyl sites for hydroxylation is 2. The lowest BCUT2D eigenvalue weighted by Gasteiger charge is -2.57. The first-order valence-corrected chi connectivity index (χ1v) is 11.8. The molecule has 1 aromatic carbocycles. The van der Waals surface area contributed by atoms with E-state index in [-0.39, 0.29) is 23.8 Å². The molecule has 0 radical (unpaired) electrons. The number of benzene rings is 1. The van der Waals surface area contributed by atoms with E-state index in [1.165, 1.54) is 23.5 Å². The Labute approximate surface area is 191 Å². The molecule has 32 heavy (non-hydrogen) atoms. The van der Waals surface area contributed by atoms with Crippen molar-refractivity contribution in [1.82, 2.24) is 14.9 Å². The lowest BCUT2D eigenvalue weighted by molar-refractivity contribution is -0.0672. The molecular formula is C25H26FN3O2S. The van der Waals surface area contributed by atoms with Crippen molar-refractivity contribution in [3.8, 4) is 16.2 Å². The Bertz CT molecular complexity index is 1120. The lowest BCUT2D eigenvalue weighted by atomic mass is 9.64. The highest BCUT2D eigenvalue weighted by atomic mass is 32.1. The third-order valence-electron chi connectivity index (χ3n) is 6.83. The van der Waals surface area contributed by atoms with Crippen molar-refractivity contribution in [2.75, 3.05) is 6.61 Å². The van der Waals surface area contributed by atoms with Gasteiger partial charge in [-0.1, -0.05) is 13.0 Å². The van der Waals surface area contributed by atoms with Crippen molar-refractivity contribution >= 4 is 17.2 Å². The highest BCUT2D eigenvalue weighted by molar-refractivity contribution is 7.15. The Balaban J connectivity index is 1.43. The van der Waals surface area contributed by atoms with E-state index in [4.69, 9.17) is 4.74 Å². The van der Waals surface area contributed by atoms with Crippen LogP contribution in [0.3, 0.4) is 0 Å². The molecule has 1 unspecified atom stereocenters. The minimum atomic E-state index is -0.293. The van der Waals surface area contributed by atoms with Crippen LogP contribution in [0.25, 0.3) is 10.4 Å². The zero-order valence-electron chi connectivity index (χ0n) is 18.4. The highest BCUT2D eigenvalue weighted by Crippen LogP contribution is 2.47. The smallest absolute Gasteiger partial charge is 0.274 e. The summed E-state index contributed by atoms with van der Waals surface area (Å²) < 4.78 is 19.2. The molecule has 2 aliphatic heterocycles. The van der Waals surface area contributed by atoms with E-state index in [1.807, 2.05) is 37.1 Å². The number of fused-ring (bicyclic) bond motifs is 2. The molecule has 4 heterocycles. The quantitative estimate of drug-likeness (QED) is 0.530. The molecule has 2 bridgehead atoms. The van der Waals surface area contributed by atoms with E-state index in [0.29, 0.717) is 29.9 Å². The van der Waals surface area contributed by atoms with E-state index in [2.05, 4.69) is 16.9 Å². The van der Waals surface area contributed by atoms with Crippen molar-refractivity contribution < 1.29 is 13.9 Å². The van der Waals surface area contributed by atoms with Gasteiger partial charge in [0.15, 0.2) is 0 Å². The van der Waals surface area contributed by atoms with E-state index in [0.717, 1.165) is 34.0 Å². The summed E-state index contributed by atoms with van der Waals surface area (Å²) in [6.07, 6.45) is 3.88. The number of piperidine rings is 2. The normalized spacial score (nSPS) is 24.2. The van der Waals surface area contributed by atoms with Crippen molar-refractivity contribution in [2.24, 2.45) is 11.8 Å². The van der Waals surface area contributed by atoms with Gasteiger partial charge in [-0.2, -0.15) is 0 Å². The van der Waals surface area contributed by atoms with Crippen LogP contribution in [0.1, 0.15) is 41.0 Å². The van der Waals surface area contributed by atoms with E-state index in [9.17, 15) is 9.18 Å². The number of carbonyl (C=O) groups is 1. The van der Waals surface area contributed by atoms with Crippen LogP contribution in [0.2, 0.25) is 0 Å². The molecule has 6 rings (SSSR count). The summed E-state index contributed by atoms with van der Waals surface area (Å²) in [5.74, 6) is 1.23. The molecule has 5 nitrogen and oxygen atoms in total. The van der Waals surface area contributed by atoms with E-state index >= 15 is 0 Å². The summed E-state index contributed by atoms with van der Waals surface area (Å²) in [6, 6.07) is 10.2. The van der Waals surface area contributed by atoms with Gasteiger partial charge in [-0.05, 0) is 68.9 Å². The van der Waals surface area contributed by atoms with Crippen LogP contribution < -0.4 is 4.74 Å². The van der Waals surface area contributed by atoms with Gasteiger partial charge in [0.2, 0.25) is 0 Å². The molecule has 0 spiro atoms. The molecular weight excluding hydrogens is 425 g/mol. The zero-order chi connectivity index (χ0) is 22.4. The molecule has 2 atom stereocenters. The average molecular weight is 452 g/mol. The maximum absolute atomic E-state index is 13.9. The van der Waals surface area contributed by atoms with Gasteiger partial charge in [-0.3, -0.25) is 9.78 Å². The van der Waals surface area contributed by atoms with Gasteiger partial charge in [0.05, 0.1) is 15.9 Å². The predicted molar refractivity (Wildman–Crippen MR) is 122 cm³/mol. The number of ether oxygens (including phenoxy) is 1. The largest absolute Gasteiger partial charge is 0.491 e. The average Bonchev–Trinajstić information content (AvgIpc) is 3.14. The fourth-order valence-corrected chi connectivity index (χ4v) is 5.78. The maximum Gasteiger partial charge on any atom is 0.274 e. The summed E-state index contributed by atoms with van der Waals surface area (Å²) in [6.45, 7) is 6.47. The Morgan fingerprint density at radius 3 is 2.62 bits per heavy atom. The maximum atomic E-state index is 13.9. The Morgan fingerprint density at radius 2 is 1.94 bits per heavy atom. The number of hydrogen-bond acceptors (Lipinski definition) is 5. The summed E-state index contributed by atoms with van der Waals surface area (Å²) >= 11 is 1.53. The highest BCUT2D eigenvalue weighted by Gasteiger charge is 2.51. The fraction of sp³-hybridized carbons (Fsp3) is 0.400. The van der Waals surface area contributed by atoms with Gasteiger partial charge >= 0.3 is 0 Å². The summed E-state index contributed by atoms with van der Waals surface area (Å²) in [7, 11) is 0. The second kappa shape index (κ2) is 8.28. The van der Waals surface area contributed by atoms with Crippen LogP contribution in [0.4, 0.5) is 4.39 Å². The molecule has 2 aromatic heterocycles. The topological polar surface area (TPSA) is 55.3 Å². The van der Waals surface area contributed by atoms with Crippen LogP contribution in [0, 0.1) is 31.5 Å². The number of nitrogens with zero attached hydrogens (tertiary/aromatic N) is 3. The number of rotatable bonds is 5. The number of thiazole rings is 1. The monoisotopic (exact) mass is 451 g/mol. The number of amides is 1. The van der Waals surface area contributed by atoms with Crippen molar-refractivity contribution in [3.05, 3.63) is 64.8 Å². The van der Waals surface area contributed by atoms with Gasteiger partial charge in [-0.25, -0.2) is 9.37 Å². The van der Waals surface area contributed by atoms with Crippen LogP contribution >= 0.6 is 11.3 Å². The number of pyridine rings is 1. The summed E-state index contributed by atoms with van der Waals surface area (Å²) in [5.41, 5.74) is 2.36. The second-order valence-electron chi connectivity index (χ2n) is 8.89. The van der Waals surface area contributed by atoms with Crippen LogP contribution in [-0.4, -0.2) is 39.5 Å². The molecule has 0 N–H and O–H groups in total. The van der Waals surface area contributed by atoms with Gasteiger partial charge in [-0.15, -0.1) is 11.3 Å². The Hall–Kier alpha value is -2.80. The number of aromatic nitrogens is 2. The number of halogens is 1. The van der Waals surface area contributed by atoms with Crippen molar-refractivity contribution in [1.29, 1.82) is 0 Å². The number of hydrogen-bond donors (Lipinski definition) is 0. The van der Waals surface area contributed by atoms with Crippen molar-refractivity contribution in [2.45, 2.75) is 45.7 Å². The third kappa shape index (κ3) is 3.79. The molecule has 3 fully saturated rings. The fourth-order valence-electron chi connectivity index (χ4n) is 4.88. The van der Waals surface area contributed by atoms with Gasteiger partial charge in [0, 0.05) is 23.5 Å². The molecule has 166 valence electrons. The standard InChI is InChI=1S/C25H26FN3O2S/c1-14-4-5-17(12-27-14)24-23(28-16(3)32-24)25(30)29-20-10-18(11-20)15(2)22(29)13-31-21-8-6-19(26)7-9-21/h4-9,12,15,18,20,22H,10-11,13H2,1-3H3/t15-,18?,20?,22?/m1/s1.